The molecule has 1 N–H and O–H groups in total. The SMILES string of the molecule is CC1(C)OCC([C@H]2O[C@@H]3OC(C)(C)O[C@@H]3[C@@H]2NC(=O)Cc2ccc(Cl)c(Cl)c2)O1. The second-order valence-corrected chi connectivity index (χ2v) is 9.27. The molecule has 1 aromatic carbocycles. The maximum Gasteiger partial charge on any atom is 0.224 e. The van der Waals surface area contributed by atoms with E-state index in [0.717, 1.165) is 5.56 Å². The van der Waals surface area contributed by atoms with E-state index in [4.69, 9.17) is 46.9 Å². The standard InChI is InChI=1S/C20H25Cl2NO6/c1-19(2)25-9-13(27-19)16-15(17-18(26-16)29-20(3,4)28-17)23-14(24)8-10-5-6-11(21)12(22)7-10/h5-7,13,15-18H,8-9H2,1-4H3,(H,23,24)/t13?,15-,16-,17-,18-/m1/s1. The summed E-state index contributed by atoms with van der Waals surface area (Å²) >= 11 is 12.0. The minimum atomic E-state index is -0.792. The Kier molecular flexibility index (Phi) is 5.61. The number of amides is 1. The Morgan fingerprint density at radius 1 is 1.07 bits per heavy atom. The third kappa shape index (κ3) is 4.56. The summed E-state index contributed by atoms with van der Waals surface area (Å²) in [4.78, 5) is 12.8. The topological polar surface area (TPSA) is 75.3 Å². The second-order valence-electron chi connectivity index (χ2n) is 8.45. The summed E-state index contributed by atoms with van der Waals surface area (Å²) in [6.45, 7) is 7.68. The van der Waals surface area contributed by atoms with Crippen LogP contribution in [-0.4, -0.2) is 54.7 Å². The first-order chi connectivity index (χ1) is 13.5. The number of rotatable bonds is 4. The van der Waals surface area contributed by atoms with Gasteiger partial charge >= 0.3 is 0 Å². The molecule has 160 valence electrons. The molecule has 0 bridgehead atoms. The Balaban J connectivity index is 1.49. The minimum Gasteiger partial charge on any atom is -0.348 e. The number of benzene rings is 1. The molecule has 5 atom stereocenters. The molecule has 7 nitrogen and oxygen atoms in total. The van der Waals surface area contributed by atoms with Gasteiger partial charge in [0, 0.05) is 0 Å². The van der Waals surface area contributed by atoms with Crippen LogP contribution in [0.3, 0.4) is 0 Å². The average molecular weight is 446 g/mol. The van der Waals surface area contributed by atoms with Gasteiger partial charge in [-0.2, -0.15) is 0 Å². The predicted octanol–water partition coefficient (Wildman–Crippen LogP) is 3.05. The highest BCUT2D eigenvalue weighted by molar-refractivity contribution is 6.42. The maximum absolute atomic E-state index is 12.8. The summed E-state index contributed by atoms with van der Waals surface area (Å²) in [6, 6.07) is 4.68. The molecule has 1 unspecified atom stereocenters. The van der Waals surface area contributed by atoms with Gasteiger partial charge in [0.05, 0.1) is 29.1 Å². The summed E-state index contributed by atoms with van der Waals surface area (Å²) in [5.41, 5.74) is 0.759. The maximum atomic E-state index is 12.8. The van der Waals surface area contributed by atoms with Gasteiger partial charge in [-0.3, -0.25) is 4.79 Å². The van der Waals surface area contributed by atoms with E-state index in [2.05, 4.69) is 5.32 Å². The third-order valence-electron chi connectivity index (χ3n) is 5.16. The molecule has 1 aromatic rings. The molecule has 0 radical (unpaired) electrons. The van der Waals surface area contributed by atoms with Gasteiger partial charge in [-0.05, 0) is 45.4 Å². The lowest BCUT2D eigenvalue weighted by Gasteiger charge is -2.29. The highest BCUT2D eigenvalue weighted by Gasteiger charge is 2.58. The van der Waals surface area contributed by atoms with Crippen molar-refractivity contribution >= 4 is 29.1 Å². The van der Waals surface area contributed by atoms with E-state index in [-0.39, 0.29) is 18.4 Å². The van der Waals surface area contributed by atoms with Crippen LogP contribution >= 0.6 is 23.2 Å². The van der Waals surface area contributed by atoms with Crippen LogP contribution < -0.4 is 5.32 Å². The van der Waals surface area contributed by atoms with E-state index >= 15 is 0 Å². The number of hydrogen-bond donors (Lipinski definition) is 1. The lowest BCUT2D eigenvalue weighted by Crippen LogP contribution is -2.52. The molecule has 0 aliphatic carbocycles. The molecule has 3 aliphatic heterocycles. The number of carbonyl (C=O) groups is 1. The van der Waals surface area contributed by atoms with E-state index in [1.54, 1.807) is 18.2 Å². The Hall–Kier alpha value is -0.930. The smallest absolute Gasteiger partial charge is 0.224 e. The molecule has 4 rings (SSSR count). The average Bonchev–Trinajstić information content (AvgIpc) is 3.21. The van der Waals surface area contributed by atoms with Crippen LogP contribution in [0.4, 0.5) is 0 Å². The number of nitrogens with one attached hydrogen (secondary N) is 1. The zero-order valence-electron chi connectivity index (χ0n) is 16.7. The molecule has 3 fully saturated rings. The molecule has 29 heavy (non-hydrogen) atoms. The van der Waals surface area contributed by atoms with E-state index in [0.29, 0.717) is 16.7 Å². The van der Waals surface area contributed by atoms with Crippen LogP contribution in [-0.2, 0) is 34.9 Å². The lowest BCUT2D eigenvalue weighted by atomic mass is 10.0. The fraction of sp³-hybridized carbons (Fsp3) is 0.650. The molecule has 0 aromatic heterocycles. The summed E-state index contributed by atoms with van der Waals surface area (Å²) in [6.07, 6.45) is -1.69. The van der Waals surface area contributed by atoms with Gasteiger partial charge in [0.2, 0.25) is 5.91 Å². The number of carbonyl (C=O) groups excluding carboxylic acids is 1. The van der Waals surface area contributed by atoms with E-state index < -0.39 is 36.1 Å². The van der Waals surface area contributed by atoms with Crippen molar-refractivity contribution in [2.24, 2.45) is 0 Å². The summed E-state index contributed by atoms with van der Waals surface area (Å²) in [5.74, 6) is -1.69. The van der Waals surface area contributed by atoms with Crippen molar-refractivity contribution in [3.63, 3.8) is 0 Å². The lowest BCUT2D eigenvalue weighted by molar-refractivity contribution is -0.223. The van der Waals surface area contributed by atoms with Crippen LogP contribution in [0.25, 0.3) is 0 Å². The first kappa shape index (κ1) is 21.3. The third-order valence-corrected chi connectivity index (χ3v) is 5.90. The Morgan fingerprint density at radius 3 is 2.48 bits per heavy atom. The van der Waals surface area contributed by atoms with Crippen molar-refractivity contribution in [1.82, 2.24) is 5.32 Å². The number of ether oxygens (including phenoxy) is 5. The number of halogens is 2. The van der Waals surface area contributed by atoms with Crippen molar-refractivity contribution in [2.45, 2.75) is 76.3 Å². The molecule has 0 saturated carbocycles. The van der Waals surface area contributed by atoms with Gasteiger partial charge in [0.25, 0.3) is 0 Å². The fourth-order valence-corrected chi connectivity index (χ4v) is 4.29. The molecule has 9 heteroatoms. The van der Waals surface area contributed by atoms with Crippen LogP contribution in [0.5, 0.6) is 0 Å². The van der Waals surface area contributed by atoms with Gasteiger partial charge in [-0.25, -0.2) is 0 Å². The van der Waals surface area contributed by atoms with Gasteiger partial charge < -0.3 is 29.0 Å². The van der Waals surface area contributed by atoms with E-state index in [1.807, 2.05) is 27.7 Å². The molecule has 3 aliphatic rings. The Morgan fingerprint density at radius 2 is 1.83 bits per heavy atom. The highest BCUT2D eigenvalue weighted by Crippen LogP contribution is 2.40. The van der Waals surface area contributed by atoms with Crippen molar-refractivity contribution < 1.29 is 28.5 Å². The normalized spacial score (nSPS) is 34.9. The van der Waals surface area contributed by atoms with E-state index in [9.17, 15) is 4.79 Å². The number of fused-ring (bicyclic) bond motifs is 1. The first-order valence-electron chi connectivity index (χ1n) is 9.59. The highest BCUT2D eigenvalue weighted by atomic mass is 35.5. The Bertz CT molecular complexity index is 801. The molecule has 0 spiro atoms. The summed E-state index contributed by atoms with van der Waals surface area (Å²) in [5, 5.41) is 3.90. The molecular formula is C20H25Cl2NO6. The summed E-state index contributed by atoms with van der Waals surface area (Å²) in [7, 11) is 0. The fourth-order valence-electron chi connectivity index (χ4n) is 3.96. The van der Waals surface area contributed by atoms with E-state index in [1.165, 1.54) is 0 Å². The molecule has 3 saturated heterocycles. The summed E-state index contributed by atoms with van der Waals surface area (Å²) < 4.78 is 29.6. The Labute approximate surface area is 179 Å². The monoisotopic (exact) mass is 445 g/mol. The molecule has 3 heterocycles. The quantitative estimate of drug-likeness (QED) is 0.767. The van der Waals surface area contributed by atoms with Crippen LogP contribution in [0.15, 0.2) is 18.2 Å². The largest absolute Gasteiger partial charge is 0.348 e. The van der Waals surface area contributed by atoms with Crippen molar-refractivity contribution in [2.75, 3.05) is 6.61 Å². The zero-order chi connectivity index (χ0) is 21.0. The van der Waals surface area contributed by atoms with Crippen molar-refractivity contribution in [3.8, 4) is 0 Å². The van der Waals surface area contributed by atoms with Gasteiger partial charge in [0.1, 0.15) is 18.3 Å². The van der Waals surface area contributed by atoms with Crippen molar-refractivity contribution in [3.05, 3.63) is 33.8 Å². The van der Waals surface area contributed by atoms with Crippen LogP contribution in [0, 0.1) is 0 Å². The molecule has 1 amide bonds. The van der Waals surface area contributed by atoms with Crippen LogP contribution in [0.1, 0.15) is 33.3 Å². The zero-order valence-corrected chi connectivity index (χ0v) is 18.3. The predicted molar refractivity (Wildman–Crippen MR) is 106 cm³/mol. The molecular weight excluding hydrogens is 421 g/mol. The van der Waals surface area contributed by atoms with Gasteiger partial charge in [0.15, 0.2) is 17.9 Å². The van der Waals surface area contributed by atoms with Gasteiger partial charge in [-0.1, -0.05) is 29.3 Å². The van der Waals surface area contributed by atoms with Crippen molar-refractivity contribution in [1.29, 1.82) is 0 Å². The number of hydrogen-bond acceptors (Lipinski definition) is 6. The minimum absolute atomic E-state index is 0.148. The second kappa shape index (κ2) is 7.64. The van der Waals surface area contributed by atoms with Gasteiger partial charge in [-0.15, -0.1) is 0 Å². The first-order valence-corrected chi connectivity index (χ1v) is 10.3. The van der Waals surface area contributed by atoms with Crippen LogP contribution in [0.2, 0.25) is 10.0 Å².